The monoisotopic (exact) mass is 462 g/mol. The van der Waals surface area contributed by atoms with Gasteiger partial charge in [0.25, 0.3) is 0 Å². The normalized spacial score (nSPS) is 12.8. The second kappa shape index (κ2) is 14.0. The SMILES string of the molecule is CC(C)(C)[Si](C)(C)OCCOCCOCCOCCOCCI. The van der Waals surface area contributed by atoms with Gasteiger partial charge < -0.3 is 23.4 Å². The van der Waals surface area contributed by atoms with Crippen molar-refractivity contribution in [3.8, 4) is 0 Å². The van der Waals surface area contributed by atoms with Crippen molar-refractivity contribution in [3.63, 3.8) is 0 Å². The third-order valence-corrected chi connectivity index (χ3v) is 8.81. The molecule has 0 aliphatic carbocycles. The van der Waals surface area contributed by atoms with Gasteiger partial charge in [-0.15, -0.1) is 0 Å². The first-order chi connectivity index (χ1) is 10.8. The number of hydrogen-bond acceptors (Lipinski definition) is 5. The van der Waals surface area contributed by atoms with Crippen molar-refractivity contribution < 1.29 is 23.4 Å². The van der Waals surface area contributed by atoms with Crippen LogP contribution in [-0.2, 0) is 23.4 Å². The third-order valence-electron chi connectivity index (χ3n) is 3.83. The molecule has 0 saturated heterocycles. The molecule has 0 amide bonds. The van der Waals surface area contributed by atoms with E-state index >= 15 is 0 Å². The molecule has 0 bridgehead atoms. The molecule has 0 aromatic heterocycles. The van der Waals surface area contributed by atoms with Crippen molar-refractivity contribution in [2.45, 2.75) is 38.9 Å². The van der Waals surface area contributed by atoms with Gasteiger partial charge >= 0.3 is 0 Å². The van der Waals surface area contributed by atoms with E-state index in [0.717, 1.165) is 11.0 Å². The fourth-order valence-electron chi connectivity index (χ4n) is 1.39. The van der Waals surface area contributed by atoms with Crippen LogP contribution in [0.4, 0.5) is 0 Å². The molecule has 0 heterocycles. The maximum atomic E-state index is 6.03. The molecular formula is C16H35IO5Si. The summed E-state index contributed by atoms with van der Waals surface area (Å²) in [5, 5.41) is 0.247. The number of hydrogen-bond donors (Lipinski definition) is 0. The van der Waals surface area contributed by atoms with Gasteiger partial charge in [-0.25, -0.2) is 0 Å². The van der Waals surface area contributed by atoms with E-state index in [-0.39, 0.29) is 5.04 Å². The molecule has 140 valence electrons. The molecule has 0 saturated carbocycles. The Balaban J connectivity index is 3.25. The highest BCUT2D eigenvalue weighted by Crippen LogP contribution is 2.36. The Hall–Kier alpha value is 0.747. The molecule has 0 spiro atoms. The average Bonchev–Trinajstić information content (AvgIpc) is 2.46. The zero-order valence-corrected chi connectivity index (χ0v) is 18.6. The van der Waals surface area contributed by atoms with E-state index in [1.165, 1.54) is 0 Å². The molecule has 0 rings (SSSR count). The Morgan fingerprint density at radius 2 is 1.00 bits per heavy atom. The van der Waals surface area contributed by atoms with Gasteiger partial charge in [-0.3, -0.25) is 0 Å². The highest BCUT2D eigenvalue weighted by molar-refractivity contribution is 14.1. The van der Waals surface area contributed by atoms with Crippen LogP contribution in [0.2, 0.25) is 18.1 Å². The lowest BCUT2D eigenvalue weighted by Crippen LogP contribution is -2.41. The van der Waals surface area contributed by atoms with Crippen molar-refractivity contribution in [2.75, 3.05) is 63.9 Å². The molecule has 0 aromatic carbocycles. The van der Waals surface area contributed by atoms with Crippen LogP contribution >= 0.6 is 22.6 Å². The van der Waals surface area contributed by atoms with Crippen molar-refractivity contribution in [1.82, 2.24) is 0 Å². The van der Waals surface area contributed by atoms with E-state index in [9.17, 15) is 0 Å². The average molecular weight is 462 g/mol. The van der Waals surface area contributed by atoms with Crippen molar-refractivity contribution in [3.05, 3.63) is 0 Å². The minimum Gasteiger partial charge on any atom is -0.414 e. The Morgan fingerprint density at radius 3 is 1.35 bits per heavy atom. The Labute approximate surface area is 157 Å². The lowest BCUT2D eigenvalue weighted by Gasteiger charge is -2.36. The second-order valence-electron chi connectivity index (χ2n) is 6.75. The molecule has 0 unspecified atom stereocenters. The van der Waals surface area contributed by atoms with E-state index in [1.54, 1.807) is 0 Å². The van der Waals surface area contributed by atoms with Crippen LogP contribution in [0, 0.1) is 0 Å². The third kappa shape index (κ3) is 13.7. The summed E-state index contributed by atoms with van der Waals surface area (Å²) in [6, 6.07) is 0. The summed E-state index contributed by atoms with van der Waals surface area (Å²) in [6.07, 6.45) is 0. The van der Waals surface area contributed by atoms with E-state index in [2.05, 4.69) is 56.5 Å². The zero-order chi connectivity index (χ0) is 17.6. The molecule has 7 heteroatoms. The minimum atomic E-state index is -1.65. The predicted octanol–water partition coefficient (Wildman–Crippen LogP) is 3.51. The van der Waals surface area contributed by atoms with Crippen molar-refractivity contribution in [2.24, 2.45) is 0 Å². The van der Waals surface area contributed by atoms with E-state index in [4.69, 9.17) is 23.4 Å². The molecule has 0 aliphatic heterocycles. The molecule has 0 aromatic rings. The van der Waals surface area contributed by atoms with Gasteiger partial charge in [0.15, 0.2) is 8.32 Å². The predicted molar refractivity (Wildman–Crippen MR) is 105 cm³/mol. The van der Waals surface area contributed by atoms with E-state index in [0.29, 0.717) is 52.9 Å². The number of alkyl halides is 1. The largest absolute Gasteiger partial charge is 0.414 e. The molecular weight excluding hydrogens is 427 g/mol. The van der Waals surface area contributed by atoms with Crippen LogP contribution in [-0.4, -0.2) is 72.2 Å². The molecule has 23 heavy (non-hydrogen) atoms. The summed E-state index contributed by atoms with van der Waals surface area (Å²) in [4.78, 5) is 0. The lowest BCUT2D eigenvalue weighted by molar-refractivity contribution is -0.00355. The lowest BCUT2D eigenvalue weighted by atomic mass is 10.2. The second-order valence-corrected chi connectivity index (χ2v) is 12.6. The summed E-state index contributed by atoms with van der Waals surface area (Å²) in [5.41, 5.74) is 0. The van der Waals surface area contributed by atoms with Crippen LogP contribution in [0.5, 0.6) is 0 Å². The number of ether oxygens (including phenoxy) is 4. The Kier molecular flexibility index (Phi) is 14.4. The van der Waals surface area contributed by atoms with Gasteiger partial charge in [-0.1, -0.05) is 43.4 Å². The van der Waals surface area contributed by atoms with Gasteiger partial charge in [0, 0.05) is 4.43 Å². The fourth-order valence-corrected chi connectivity index (χ4v) is 2.73. The highest BCUT2D eigenvalue weighted by atomic mass is 127. The van der Waals surface area contributed by atoms with Crippen LogP contribution in [0.25, 0.3) is 0 Å². The van der Waals surface area contributed by atoms with Gasteiger partial charge in [-0.2, -0.15) is 0 Å². The fraction of sp³-hybridized carbons (Fsp3) is 1.00. The topological polar surface area (TPSA) is 46.2 Å². The van der Waals surface area contributed by atoms with Crippen LogP contribution in [0.15, 0.2) is 0 Å². The standard InChI is InChI=1S/C16H35IO5Si/c1-16(2,3)23(4,5)22-15-14-21-13-12-20-11-10-19-9-8-18-7-6-17/h6-15H2,1-5H3. The Morgan fingerprint density at radius 1 is 0.652 bits per heavy atom. The molecule has 5 nitrogen and oxygen atoms in total. The smallest absolute Gasteiger partial charge is 0.192 e. The first-order valence-electron chi connectivity index (χ1n) is 8.32. The summed E-state index contributed by atoms with van der Waals surface area (Å²) >= 11 is 2.29. The Bertz CT molecular complexity index is 272. The molecule has 0 radical (unpaired) electrons. The van der Waals surface area contributed by atoms with Crippen molar-refractivity contribution >= 4 is 30.9 Å². The van der Waals surface area contributed by atoms with Gasteiger partial charge in [-0.05, 0) is 18.1 Å². The first-order valence-corrected chi connectivity index (χ1v) is 12.8. The van der Waals surface area contributed by atoms with Crippen molar-refractivity contribution in [1.29, 1.82) is 0 Å². The molecule has 0 atom stereocenters. The maximum Gasteiger partial charge on any atom is 0.192 e. The molecule has 0 N–H and O–H groups in total. The van der Waals surface area contributed by atoms with E-state index in [1.807, 2.05) is 0 Å². The van der Waals surface area contributed by atoms with Crippen LogP contribution in [0.3, 0.4) is 0 Å². The van der Waals surface area contributed by atoms with Crippen LogP contribution < -0.4 is 0 Å². The summed E-state index contributed by atoms with van der Waals surface area (Å²) in [6.45, 7) is 17.0. The number of halogens is 1. The summed E-state index contributed by atoms with van der Waals surface area (Å²) < 4.78 is 28.7. The first kappa shape index (κ1) is 23.7. The highest BCUT2D eigenvalue weighted by Gasteiger charge is 2.36. The van der Waals surface area contributed by atoms with Gasteiger partial charge in [0.1, 0.15) is 0 Å². The molecule has 0 fully saturated rings. The number of rotatable bonds is 15. The zero-order valence-electron chi connectivity index (χ0n) is 15.5. The van der Waals surface area contributed by atoms with Gasteiger partial charge in [0.05, 0.1) is 59.5 Å². The summed E-state index contributed by atoms with van der Waals surface area (Å²) in [5.74, 6) is 0. The van der Waals surface area contributed by atoms with Crippen LogP contribution in [0.1, 0.15) is 20.8 Å². The molecule has 0 aliphatic rings. The van der Waals surface area contributed by atoms with E-state index < -0.39 is 8.32 Å². The minimum absolute atomic E-state index is 0.247. The summed E-state index contributed by atoms with van der Waals surface area (Å²) in [7, 11) is -1.65. The van der Waals surface area contributed by atoms with Gasteiger partial charge in [0.2, 0.25) is 0 Å². The quantitative estimate of drug-likeness (QED) is 0.161. The maximum absolute atomic E-state index is 6.03.